The number of aromatic nitrogens is 2. The minimum absolute atomic E-state index is 0.304. The van der Waals surface area contributed by atoms with Crippen molar-refractivity contribution in [1.29, 1.82) is 0 Å². The lowest BCUT2D eigenvalue weighted by Gasteiger charge is -1.95. The van der Waals surface area contributed by atoms with Gasteiger partial charge in [-0.2, -0.15) is 0 Å². The molecule has 0 aliphatic carbocycles. The van der Waals surface area contributed by atoms with Gasteiger partial charge in [0.25, 0.3) is 5.89 Å². The Labute approximate surface area is 135 Å². The van der Waals surface area contributed by atoms with Crippen molar-refractivity contribution in [3.63, 3.8) is 0 Å². The van der Waals surface area contributed by atoms with Crippen molar-refractivity contribution in [3.05, 3.63) is 70.5 Å². The lowest BCUT2D eigenvalue weighted by Crippen LogP contribution is -1.78. The average molecular weight is 362 g/mol. The first kappa shape index (κ1) is 14.0. The Morgan fingerprint density at radius 2 is 1.71 bits per heavy atom. The maximum atomic E-state index is 6.23. The molecular weight excluding hydrogens is 352 g/mol. The van der Waals surface area contributed by atoms with E-state index in [2.05, 4.69) is 26.1 Å². The fourth-order valence-corrected chi connectivity index (χ4v) is 2.25. The van der Waals surface area contributed by atoms with Gasteiger partial charge in [0, 0.05) is 10.0 Å². The lowest BCUT2D eigenvalue weighted by atomic mass is 10.2. The zero-order valence-electron chi connectivity index (χ0n) is 10.8. The number of hydrogen-bond donors (Lipinski definition) is 0. The summed E-state index contributed by atoms with van der Waals surface area (Å²) in [5.74, 6) is 0.756. The Morgan fingerprint density at radius 3 is 2.43 bits per heavy atom. The van der Waals surface area contributed by atoms with Crippen molar-refractivity contribution < 1.29 is 4.42 Å². The predicted molar refractivity (Wildman–Crippen MR) is 87.6 cm³/mol. The molecule has 0 aliphatic rings. The van der Waals surface area contributed by atoms with Gasteiger partial charge in [0.1, 0.15) is 5.03 Å². The minimum Gasteiger partial charge on any atom is -0.415 e. The minimum atomic E-state index is 0.304. The summed E-state index contributed by atoms with van der Waals surface area (Å²) in [6.45, 7) is 0. The number of halogens is 2. The fourth-order valence-electron chi connectivity index (χ4n) is 1.78. The van der Waals surface area contributed by atoms with Crippen LogP contribution in [0.25, 0.3) is 22.6 Å². The van der Waals surface area contributed by atoms with Crippen molar-refractivity contribution in [2.45, 2.75) is 0 Å². The predicted octanol–water partition coefficient (Wildman–Crippen LogP) is 5.24. The van der Waals surface area contributed by atoms with E-state index >= 15 is 0 Å². The van der Waals surface area contributed by atoms with Crippen molar-refractivity contribution >= 4 is 38.6 Å². The van der Waals surface area contributed by atoms with E-state index in [-0.39, 0.29) is 0 Å². The molecule has 21 heavy (non-hydrogen) atoms. The molecule has 0 unspecified atom stereocenters. The Balaban J connectivity index is 1.87. The molecule has 3 aromatic rings. The summed E-state index contributed by atoms with van der Waals surface area (Å²) in [7, 11) is 0. The molecule has 0 amide bonds. The van der Waals surface area contributed by atoms with E-state index < -0.39 is 0 Å². The molecule has 3 nitrogen and oxygen atoms in total. The summed E-state index contributed by atoms with van der Waals surface area (Å²) in [5, 5.41) is 8.40. The number of hydrogen-bond acceptors (Lipinski definition) is 3. The van der Waals surface area contributed by atoms with E-state index in [1.165, 1.54) is 0 Å². The first-order chi connectivity index (χ1) is 10.2. The summed E-state index contributed by atoms with van der Waals surface area (Å²) in [6, 6.07) is 17.4. The molecule has 1 aromatic heterocycles. The van der Waals surface area contributed by atoms with E-state index in [0.29, 0.717) is 16.8 Å². The standard InChI is InChI=1S/C16H10BrClN2O/c17-13-8-6-11(7-9-13)10-14(18)16-20-19-15(21-16)12-4-2-1-3-5-12/h1-10H/b14-10-. The molecule has 2 aromatic carbocycles. The van der Waals surface area contributed by atoms with Gasteiger partial charge in [-0.25, -0.2) is 0 Å². The molecule has 0 N–H and O–H groups in total. The van der Waals surface area contributed by atoms with Gasteiger partial charge in [-0.3, -0.25) is 0 Å². The van der Waals surface area contributed by atoms with E-state index in [1.807, 2.05) is 54.6 Å². The largest absolute Gasteiger partial charge is 0.415 e. The molecule has 0 bridgehead atoms. The molecule has 0 spiro atoms. The highest BCUT2D eigenvalue weighted by atomic mass is 79.9. The van der Waals surface area contributed by atoms with E-state index in [4.69, 9.17) is 16.0 Å². The third-order valence-electron chi connectivity index (χ3n) is 2.81. The van der Waals surface area contributed by atoms with Crippen LogP contribution in [0.1, 0.15) is 11.5 Å². The van der Waals surface area contributed by atoms with Crippen LogP contribution in [0.4, 0.5) is 0 Å². The normalized spacial score (nSPS) is 11.6. The zero-order chi connectivity index (χ0) is 14.7. The second kappa shape index (κ2) is 6.24. The first-order valence-corrected chi connectivity index (χ1v) is 7.41. The third kappa shape index (κ3) is 3.40. The summed E-state index contributed by atoms with van der Waals surface area (Å²) in [6.07, 6.45) is 1.79. The molecule has 3 rings (SSSR count). The lowest BCUT2D eigenvalue weighted by molar-refractivity contribution is 0.556. The third-order valence-corrected chi connectivity index (χ3v) is 3.61. The van der Waals surface area contributed by atoms with Crippen molar-refractivity contribution in [2.24, 2.45) is 0 Å². The van der Waals surface area contributed by atoms with Crippen LogP contribution in [0, 0.1) is 0 Å². The topological polar surface area (TPSA) is 38.9 Å². The van der Waals surface area contributed by atoms with Crippen LogP contribution < -0.4 is 0 Å². The van der Waals surface area contributed by atoms with Crippen LogP contribution in [0.15, 0.2) is 63.5 Å². The highest BCUT2D eigenvalue weighted by Gasteiger charge is 2.10. The van der Waals surface area contributed by atoms with Crippen LogP contribution in [0.3, 0.4) is 0 Å². The van der Waals surface area contributed by atoms with Crippen molar-refractivity contribution in [3.8, 4) is 11.5 Å². The van der Waals surface area contributed by atoms with Gasteiger partial charge in [-0.15, -0.1) is 10.2 Å². The molecule has 0 aliphatic heterocycles. The van der Waals surface area contributed by atoms with E-state index in [0.717, 1.165) is 15.6 Å². The Kier molecular flexibility index (Phi) is 4.18. The number of nitrogens with zero attached hydrogens (tertiary/aromatic N) is 2. The van der Waals surface area contributed by atoms with Gasteiger partial charge in [0.2, 0.25) is 5.89 Å². The van der Waals surface area contributed by atoms with E-state index in [9.17, 15) is 0 Å². The zero-order valence-corrected chi connectivity index (χ0v) is 13.2. The fraction of sp³-hybridized carbons (Fsp3) is 0. The highest BCUT2D eigenvalue weighted by Crippen LogP contribution is 2.25. The monoisotopic (exact) mass is 360 g/mol. The summed E-state index contributed by atoms with van der Waals surface area (Å²) in [5.41, 5.74) is 1.83. The number of benzene rings is 2. The molecular formula is C16H10BrClN2O. The van der Waals surface area contributed by atoms with Crippen LogP contribution in [0.2, 0.25) is 0 Å². The molecule has 0 atom stereocenters. The molecule has 1 heterocycles. The Bertz CT molecular complexity index is 766. The molecule has 0 radical (unpaired) electrons. The molecule has 0 fully saturated rings. The van der Waals surface area contributed by atoms with Crippen LogP contribution >= 0.6 is 27.5 Å². The molecule has 5 heteroatoms. The highest BCUT2D eigenvalue weighted by molar-refractivity contribution is 9.10. The molecule has 0 saturated heterocycles. The average Bonchev–Trinajstić information content (AvgIpc) is 3.00. The quantitative estimate of drug-likeness (QED) is 0.640. The smallest absolute Gasteiger partial charge is 0.259 e. The van der Waals surface area contributed by atoms with Gasteiger partial charge in [-0.05, 0) is 35.9 Å². The van der Waals surface area contributed by atoms with Gasteiger partial charge in [0.05, 0.1) is 0 Å². The van der Waals surface area contributed by atoms with Gasteiger partial charge in [0.15, 0.2) is 0 Å². The van der Waals surface area contributed by atoms with Crippen LogP contribution in [-0.4, -0.2) is 10.2 Å². The first-order valence-electron chi connectivity index (χ1n) is 6.24. The van der Waals surface area contributed by atoms with E-state index in [1.54, 1.807) is 6.08 Å². The number of rotatable bonds is 3. The second-order valence-electron chi connectivity index (χ2n) is 4.32. The summed E-state index contributed by atoms with van der Waals surface area (Å²) < 4.78 is 6.61. The molecule has 104 valence electrons. The second-order valence-corrected chi connectivity index (χ2v) is 5.65. The SMILES string of the molecule is Cl/C(=C\c1ccc(Br)cc1)c1nnc(-c2ccccc2)o1. The van der Waals surface area contributed by atoms with Gasteiger partial charge in [-0.1, -0.05) is 57.9 Å². The van der Waals surface area contributed by atoms with Crippen LogP contribution in [0.5, 0.6) is 0 Å². The van der Waals surface area contributed by atoms with Crippen molar-refractivity contribution in [1.82, 2.24) is 10.2 Å². The maximum Gasteiger partial charge on any atom is 0.259 e. The van der Waals surface area contributed by atoms with Gasteiger partial charge < -0.3 is 4.42 Å². The Morgan fingerprint density at radius 1 is 1.00 bits per heavy atom. The molecule has 0 saturated carbocycles. The van der Waals surface area contributed by atoms with Gasteiger partial charge >= 0.3 is 0 Å². The maximum absolute atomic E-state index is 6.23. The summed E-state index contributed by atoms with van der Waals surface area (Å²) in [4.78, 5) is 0. The van der Waals surface area contributed by atoms with Crippen LogP contribution in [-0.2, 0) is 0 Å². The summed E-state index contributed by atoms with van der Waals surface area (Å²) >= 11 is 9.63. The van der Waals surface area contributed by atoms with Crippen molar-refractivity contribution in [2.75, 3.05) is 0 Å². The Hall–Kier alpha value is -1.91.